The van der Waals surface area contributed by atoms with Gasteiger partial charge in [-0.1, -0.05) is 25.0 Å². The number of hydrogen-bond acceptors (Lipinski definition) is 4. The smallest absolute Gasteiger partial charge is 0.263 e. The van der Waals surface area contributed by atoms with Gasteiger partial charge in [-0.25, -0.2) is 8.42 Å². The first-order valence-electron chi connectivity index (χ1n) is 7.61. The molecule has 0 bridgehead atoms. The van der Waals surface area contributed by atoms with Gasteiger partial charge in [-0.3, -0.25) is 14.5 Å². The summed E-state index contributed by atoms with van der Waals surface area (Å²) >= 11 is 0. The van der Waals surface area contributed by atoms with Crippen molar-refractivity contribution in [1.29, 1.82) is 0 Å². The number of rotatable bonds is 7. The molecular weight excluding hydrogens is 312 g/mol. The van der Waals surface area contributed by atoms with Gasteiger partial charge in [0.05, 0.1) is 0 Å². The van der Waals surface area contributed by atoms with Gasteiger partial charge >= 0.3 is 0 Å². The number of anilines is 1. The van der Waals surface area contributed by atoms with Crippen molar-refractivity contribution < 1.29 is 13.2 Å². The van der Waals surface area contributed by atoms with Gasteiger partial charge in [0.2, 0.25) is 0 Å². The van der Waals surface area contributed by atoms with Gasteiger partial charge in [0.15, 0.2) is 5.78 Å². The molecule has 1 aliphatic rings. The van der Waals surface area contributed by atoms with Gasteiger partial charge in [-0.2, -0.15) is 0 Å². The summed E-state index contributed by atoms with van der Waals surface area (Å²) in [4.78, 5) is 16.1. The van der Waals surface area contributed by atoms with E-state index in [0.717, 1.165) is 6.42 Å². The lowest BCUT2D eigenvalue weighted by Gasteiger charge is -2.09. The van der Waals surface area contributed by atoms with Crippen LogP contribution in [0.25, 0.3) is 0 Å². The highest BCUT2D eigenvalue weighted by molar-refractivity contribution is 7.92. The molecule has 0 saturated heterocycles. The maximum absolute atomic E-state index is 12.3. The Hall–Kier alpha value is -2.21. The molecule has 0 aliphatic heterocycles. The van der Waals surface area contributed by atoms with E-state index >= 15 is 0 Å². The second-order valence-electron chi connectivity index (χ2n) is 5.78. The summed E-state index contributed by atoms with van der Waals surface area (Å²) in [6.07, 6.45) is 6.68. The number of hydrogen-bond donors (Lipinski definition) is 1. The van der Waals surface area contributed by atoms with Crippen LogP contribution in [0, 0.1) is 5.92 Å². The fourth-order valence-electron chi connectivity index (χ4n) is 2.36. The molecular formula is C17H18N2O3S. The van der Waals surface area contributed by atoms with E-state index in [2.05, 4.69) is 9.71 Å². The number of benzene rings is 1. The third kappa shape index (κ3) is 4.16. The molecule has 120 valence electrons. The van der Waals surface area contributed by atoms with Gasteiger partial charge < -0.3 is 0 Å². The molecule has 1 aliphatic carbocycles. The topological polar surface area (TPSA) is 76.1 Å². The van der Waals surface area contributed by atoms with Gasteiger partial charge in [0.1, 0.15) is 4.90 Å². The summed E-state index contributed by atoms with van der Waals surface area (Å²) in [7, 11) is -3.70. The van der Waals surface area contributed by atoms with Crippen molar-refractivity contribution in [1.82, 2.24) is 4.98 Å². The van der Waals surface area contributed by atoms with Crippen molar-refractivity contribution in [2.45, 2.75) is 30.6 Å². The van der Waals surface area contributed by atoms with E-state index in [1.54, 1.807) is 30.3 Å². The summed E-state index contributed by atoms with van der Waals surface area (Å²) in [5, 5.41) is 0. The van der Waals surface area contributed by atoms with Crippen molar-refractivity contribution in [3.8, 4) is 0 Å². The van der Waals surface area contributed by atoms with Crippen LogP contribution < -0.4 is 4.72 Å². The molecule has 1 saturated carbocycles. The van der Waals surface area contributed by atoms with Crippen molar-refractivity contribution in [3.05, 3.63) is 54.4 Å². The van der Waals surface area contributed by atoms with Crippen LogP contribution >= 0.6 is 0 Å². The van der Waals surface area contributed by atoms with Gasteiger partial charge in [0.25, 0.3) is 10.0 Å². The summed E-state index contributed by atoms with van der Waals surface area (Å²) < 4.78 is 27.0. The fraction of sp³-hybridized carbons (Fsp3) is 0.294. The van der Waals surface area contributed by atoms with E-state index < -0.39 is 10.0 Å². The Morgan fingerprint density at radius 2 is 2.04 bits per heavy atom. The summed E-state index contributed by atoms with van der Waals surface area (Å²) in [5.41, 5.74) is 0.920. The Balaban J connectivity index is 1.73. The lowest BCUT2D eigenvalue weighted by atomic mass is 10.0. The predicted octanol–water partition coefficient (Wildman–Crippen LogP) is 3.26. The zero-order valence-corrected chi connectivity index (χ0v) is 13.4. The molecule has 2 aromatic rings. The summed E-state index contributed by atoms with van der Waals surface area (Å²) in [5.74, 6) is 0.755. The fourth-order valence-corrected chi connectivity index (χ4v) is 3.37. The lowest BCUT2D eigenvalue weighted by molar-refractivity contribution is 0.0978. The van der Waals surface area contributed by atoms with Crippen LogP contribution in [0.2, 0.25) is 0 Å². The first-order chi connectivity index (χ1) is 11.0. The molecule has 1 aromatic carbocycles. The standard InChI is InChI=1S/C17H18N2O3S/c20-17(9-8-13-6-7-13)14-3-1-4-15(11-14)19-23(21,22)16-5-2-10-18-12-16/h1-5,10-13,19H,6-9H2. The second kappa shape index (κ2) is 6.50. The van der Waals surface area contributed by atoms with Gasteiger partial charge in [-0.15, -0.1) is 0 Å². The second-order valence-corrected chi connectivity index (χ2v) is 7.46. The van der Waals surface area contributed by atoms with Crippen LogP contribution in [0.4, 0.5) is 5.69 Å². The molecule has 1 fully saturated rings. The van der Waals surface area contributed by atoms with E-state index in [1.807, 2.05) is 0 Å². The normalized spacial score (nSPS) is 14.4. The maximum Gasteiger partial charge on any atom is 0.263 e. The predicted molar refractivity (Wildman–Crippen MR) is 87.8 cm³/mol. The molecule has 0 amide bonds. The quantitative estimate of drug-likeness (QED) is 0.791. The minimum Gasteiger partial charge on any atom is -0.294 e. The van der Waals surface area contributed by atoms with Gasteiger partial charge in [0, 0.05) is 30.1 Å². The highest BCUT2D eigenvalue weighted by Gasteiger charge is 2.22. The summed E-state index contributed by atoms with van der Waals surface area (Å²) in [6.45, 7) is 0. The molecule has 23 heavy (non-hydrogen) atoms. The van der Waals surface area contributed by atoms with Crippen molar-refractivity contribution in [3.63, 3.8) is 0 Å². The molecule has 3 rings (SSSR count). The van der Waals surface area contributed by atoms with Crippen LogP contribution in [0.15, 0.2) is 53.7 Å². The first-order valence-corrected chi connectivity index (χ1v) is 9.09. The van der Waals surface area contributed by atoms with E-state index in [9.17, 15) is 13.2 Å². The molecule has 0 unspecified atom stereocenters. The number of carbonyl (C=O) groups excluding carboxylic acids is 1. The van der Waals surface area contributed by atoms with E-state index in [4.69, 9.17) is 0 Å². The lowest BCUT2D eigenvalue weighted by Crippen LogP contribution is -2.13. The Morgan fingerprint density at radius 1 is 1.22 bits per heavy atom. The number of ketones is 1. The number of sulfonamides is 1. The Morgan fingerprint density at radius 3 is 2.74 bits per heavy atom. The van der Waals surface area contributed by atoms with E-state index in [-0.39, 0.29) is 10.7 Å². The number of carbonyl (C=O) groups is 1. The Labute approximate surface area is 135 Å². The maximum atomic E-state index is 12.3. The van der Waals surface area contributed by atoms with Crippen LogP contribution in [0.3, 0.4) is 0 Å². The molecule has 1 N–H and O–H groups in total. The van der Waals surface area contributed by atoms with Crippen molar-refractivity contribution in [2.75, 3.05) is 4.72 Å². The zero-order chi connectivity index (χ0) is 16.3. The average Bonchev–Trinajstić information content (AvgIpc) is 3.38. The van der Waals surface area contributed by atoms with Crippen molar-refractivity contribution in [2.24, 2.45) is 5.92 Å². The highest BCUT2D eigenvalue weighted by Crippen LogP contribution is 2.34. The highest BCUT2D eigenvalue weighted by atomic mass is 32.2. The Bertz CT molecular complexity index is 800. The van der Waals surface area contributed by atoms with Crippen molar-refractivity contribution >= 4 is 21.5 Å². The molecule has 6 heteroatoms. The monoisotopic (exact) mass is 330 g/mol. The Kier molecular flexibility index (Phi) is 4.43. The number of nitrogens with zero attached hydrogens (tertiary/aromatic N) is 1. The molecule has 1 aromatic heterocycles. The average molecular weight is 330 g/mol. The molecule has 1 heterocycles. The third-order valence-corrected chi connectivity index (χ3v) is 5.22. The minimum atomic E-state index is -3.70. The zero-order valence-electron chi connectivity index (χ0n) is 12.6. The molecule has 0 radical (unpaired) electrons. The largest absolute Gasteiger partial charge is 0.294 e. The third-order valence-electron chi connectivity index (χ3n) is 3.86. The number of aromatic nitrogens is 1. The summed E-state index contributed by atoms with van der Waals surface area (Å²) in [6, 6.07) is 9.66. The first kappa shape index (κ1) is 15.7. The number of Topliss-reactive ketones (excluding diaryl/α,β-unsaturated/α-hetero) is 1. The van der Waals surface area contributed by atoms with Crippen LogP contribution in [-0.2, 0) is 10.0 Å². The van der Waals surface area contributed by atoms with Crippen LogP contribution in [0.1, 0.15) is 36.0 Å². The van der Waals surface area contributed by atoms with Gasteiger partial charge in [-0.05, 0) is 36.6 Å². The van der Waals surface area contributed by atoms with E-state index in [0.29, 0.717) is 23.6 Å². The molecule has 5 nitrogen and oxygen atoms in total. The van der Waals surface area contributed by atoms with Crippen LogP contribution in [-0.4, -0.2) is 19.2 Å². The van der Waals surface area contributed by atoms with E-state index in [1.165, 1.54) is 31.3 Å². The van der Waals surface area contributed by atoms with Crippen LogP contribution in [0.5, 0.6) is 0 Å². The molecule has 0 spiro atoms. The minimum absolute atomic E-state index is 0.0549. The molecule has 0 atom stereocenters. The SMILES string of the molecule is O=C(CCC1CC1)c1cccc(NS(=O)(=O)c2cccnc2)c1. The number of pyridine rings is 1. The number of nitrogens with one attached hydrogen (secondary N) is 1.